The van der Waals surface area contributed by atoms with Gasteiger partial charge in [-0.3, -0.25) is 4.57 Å². The standard InChI is InChI=1S/C55H48N4O/c1-36-37(2)52(39-18-9-7-10-19-39)54(53(38(36)3)40-20-11-8-12-21-40)58-35-57(48-26-15-16-27-49(48)58)42-22-17-23-43(33-42)60-44-28-29-46-45-24-13-14-25-47(45)59(50(46)34-44)51-32-41(30-31-56-51)55(4,5)6/h7-34H,35H2,1-6H3/i13D,14D,24D,25D. The molecule has 0 spiro atoms. The zero-order valence-corrected chi connectivity index (χ0v) is 34.8. The Balaban J connectivity index is 1.08. The van der Waals surface area contributed by atoms with Crippen LogP contribution in [0.2, 0.25) is 0 Å². The molecule has 0 N–H and O–H groups in total. The molecule has 1 aliphatic rings. The number of ether oxygens (including phenoxy) is 1. The van der Waals surface area contributed by atoms with Gasteiger partial charge in [0.25, 0.3) is 0 Å². The van der Waals surface area contributed by atoms with Crippen molar-refractivity contribution in [3.8, 4) is 39.6 Å². The van der Waals surface area contributed by atoms with Gasteiger partial charge in [0, 0.05) is 45.9 Å². The molecule has 3 heterocycles. The number of aromatic nitrogens is 2. The molecule has 9 aromatic rings. The van der Waals surface area contributed by atoms with E-state index in [9.17, 15) is 0 Å². The number of hydrogen-bond donors (Lipinski definition) is 0. The molecule has 5 nitrogen and oxygen atoms in total. The monoisotopic (exact) mass is 784 g/mol. The summed E-state index contributed by atoms with van der Waals surface area (Å²) in [4.78, 5) is 9.56. The summed E-state index contributed by atoms with van der Waals surface area (Å²) < 4.78 is 43.7. The lowest BCUT2D eigenvalue weighted by Gasteiger charge is -2.30. The third-order valence-electron chi connectivity index (χ3n) is 12.1. The van der Waals surface area contributed by atoms with Gasteiger partial charge in [-0.05, 0) is 114 Å². The molecule has 0 bridgehead atoms. The number of fused-ring (bicyclic) bond motifs is 4. The highest BCUT2D eigenvalue weighted by Gasteiger charge is 2.33. The maximum atomic E-state index is 9.05. The zero-order chi connectivity index (χ0) is 44.6. The van der Waals surface area contributed by atoms with Gasteiger partial charge in [0.1, 0.15) is 24.0 Å². The smallest absolute Gasteiger partial charge is 0.137 e. The SMILES string of the molecule is [2H]c1c([2H])c([2H])c2c(c1[2H])c1ccc(Oc3cccc(N4CN(c5c(-c6ccccc6)c(C)c(C)c(C)c5-c5ccccc5)c5ccccc54)c3)cc1n2-c1cc(C(C)(C)C)ccn1. The number of benzene rings is 7. The Morgan fingerprint density at radius 2 is 1.22 bits per heavy atom. The molecule has 0 saturated carbocycles. The van der Waals surface area contributed by atoms with E-state index in [1.54, 1.807) is 6.20 Å². The minimum absolute atomic E-state index is 0.0872. The summed E-state index contributed by atoms with van der Waals surface area (Å²) in [6.07, 6.45) is 1.76. The quantitative estimate of drug-likeness (QED) is 0.161. The lowest BCUT2D eigenvalue weighted by atomic mass is 9.85. The van der Waals surface area contributed by atoms with Crippen LogP contribution in [0.5, 0.6) is 11.5 Å². The van der Waals surface area contributed by atoms with Crippen LogP contribution in [-0.2, 0) is 5.41 Å². The lowest BCUT2D eigenvalue weighted by molar-refractivity contribution is 0.483. The summed E-state index contributed by atoms with van der Waals surface area (Å²) in [7, 11) is 0. The van der Waals surface area contributed by atoms with Crippen LogP contribution in [-0.4, -0.2) is 16.2 Å². The lowest BCUT2D eigenvalue weighted by Crippen LogP contribution is -2.25. The van der Waals surface area contributed by atoms with E-state index < -0.39 is 0 Å². The Kier molecular flexibility index (Phi) is 7.99. The predicted octanol–water partition coefficient (Wildman–Crippen LogP) is 14.8. The number of rotatable bonds is 7. The Morgan fingerprint density at radius 3 is 1.90 bits per heavy atom. The third kappa shape index (κ3) is 6.29. The molecule has 0 atom stereocenters. The second-order valence-electron chi connectivity index (χ2n) is 16.7. The van der Waals surface area contributed by atoms with Crippen molar-refractivity contribution in [1.29, 1.82) is 0 Å². The Hall–Kier alpha value is -7.11. The normalized spacial score (nSPS) is 13.6. The average molecular weight is 785 g/mol. The van der Waals surface area contributed by atoms with Gasteiger partial charge in [-0.25, -0.2) is 4.98 Å². The average Bonchev–Trinajstić information content (AvgIpc) is 3.86. The van der Waals surface area contributed by atoms with Crippen LogP contribution in [0.4, 0.5) is 22.7 Å². The molecule has 1 aliphatic heterocycles. The molecule has 0 saturated heterocycles. The van der Waals surface area contributed by atoms with E-state index >= 15 is 0 Å². The highest BCUT2D eigenvalue weighted by molar-refractivity contribution is 6.09. The van der Waals surface area contributed by atoms with E-state index in [0.717, 1.165) is 22.6 Å². The van der Waals surface area contributed by atoms with Crippen LogP contribution in [0.15, 0.2) is 170 Å². The molecule has 0 unspecified atom stereocenters. The first-order valence-electron chi connectivity index (χ1n) is 22.5. The van der Waals surface area contributed by atoms with Crippen LogP contribution in [0.1, 0.15) is 48.5 Å². The summed E-state index contributed by atoms with van der Waals surface area (Å²) in [5, 5.41) is 1.13. The van der Waals surface area contributed by atoms with Gasteiger partial charge >= 0.3 is 0 Å². The van der Waals surface area contributed by atoms with Gasteiger partial charge < -0.3 is 14.5 Å². The number of nitrogens with zero attached hydrogens (tertiary/aromatic N) is 4. The fraction of sp³-hybridized carbons (Fsp3) is 0.145. The second-order valence-corrected chi connectivity index (χ2v) is 16.7. The molecule has 2 aromatic heterocycles. The minimum atomic E-state index is -0.288. The van der Waals surface area contributed by atoms with Gasteiger partial charge in [0.2, 0.25) is 0 Å². The molecule has 0 fully saturated rings. The summed E-state index contributed by atoms with van der Waals surface area (Å²) >= 11 is 0. The van der Waals surface area contributed by atoms with E-state index in [1.807, 2.05) is 47.0 Å². The summed E-state index contributed by atoms with van der Waals surface area (Å²) in [5.74, 6) is 1.77. The van der Waals surface area contributed by atoms with Crippen molar-refractivity contribution in [1.82, 2.24) is 9.55 Å². The Bertz CT molecular complexity index is 3240. The Labute approximate surface area is 358 Å². The fourth-order valence-electron chi connectivity index (χ4n) is 8.81. The number of anilines is 4. The fourth-order valence-corrected chi connectivity index (χ4v) is 8.81. The first kappa shape index (κ1) is 32.8. The van der Waals surface area contributed by atoms with Crippen LogP contribution < -0.4 is 14.5 Å². The topological polar surface area (TPSA) is 33.5 Å². The van der Waals surface area contributed by atoms with Crippen molar-refractivity contribution < 1.29 is 10.2 Å². The van der Waals surface area contributed by atoms with E-state index in [2.05, 4.69) is 148 Å². The van der Waals surface area contributed by atoms with E-state index in [4.69, 9.17) is 15.2 Å². The first-order valence-corrected chi connectivity index (χ1v) is 20.5. The van der Waals surface area contributed by atoms with Gasteiger partial charge in [0.05, 0.1) is 33.6 Å². The maximum absolute atomic E-state index is 9.05. The number of hydrogen-bond acceptors (Lipinski definition) is 4. The molecular formula is C55H48N4O. The minimum Gasteiger partial charge on any atom is -0.457 e. The molecule has 0 amide bonds. The number of pyridine rings is 1. The molecule has 7 aromatic carbocycles. The summed E-state index contributed by atoms with van der Waals surface area (Å²) in [6.45, 7) is 13.7. The van der Waals surface area contributed by atoms with Crippen LogP contribution in [0.3, 0.4) is 0 Å². The summed E-state index contributed by atoms with van der Waals surface area (Å²) in [6, 6.07) is 47.1. The van der Waals surface area contributed by atoms with E-state index in [-0.39, 0.29) is 29.6 Å². The number of para-hydroxylation sites is 3. The van der Waals surface area contributed by atoms with E-state index in [1.165, 1.54) is 44.6 Å². The molecule has 0 radical (unpaired) electrons. The highest BCUT2D eigenvalue weighted by Crippen LogP contribution is 2.53. The van der Waals surface area contributed by atoms with E-state index in [0.29, 0.717) is 45.8 Å². The zero-order valence-electron chi connectivity index (χ0n) is 38.8. The van der Waals surface area contributed by atoms with Gasteiger partial charge in [-0.15, -0.1) is 0 Å². The molecule has 0 aliphatic carbocycles. The first-order chi connectivity index (χ1) is 30.8. The van der Waals surface area contributed by atoms with Crippen molar-refractivity contribution in [2.24, 2.45) is 0 Å². The molecule has 60 heavy (non-hydrogen) atoms. The molecule has 10 rings (SSSR count). The van der Waals surface area contributed by atoms with Crippen LogP contribution >= 0.6 is 0 Å². The van der Waals surface area contributed by atoms with Crippen LogP contribution in [0.25, 0.3) is 49.9 Å². The van der Waals surface area contributed by atoms with Crippen molar-refractivity contribution in [2.45, 2.75) is 47.0 Å². The Morgan fingerprint density at radius 1 is 0.583 bits per heavy atom. The van der Waals surface area contributed by atoms with Crippen LogP contribution in [0, 0.1) is 20.8 Å². The van der Waals surface area contributed by atoms with Gasteiger partial charge in [-0.2, -0.15) is 0 Å². The highest BCUT2D eigenvalue weighted by atomic mass is 16.5. The van der Waals surface area contributed by atoms with Crippen molar-refractivity contribution in [2.75, 3.05) is 16.5 Å². The maximum Gasteiger partial charge on any atom is 0.137 e. The molecule has 5 heteroatoms. The second kappa shape index (κ2) is 14.6. The van der Waals surface area contributed by atoms with Gasteiger partial charge in [-0.1, -0.05) is 118 Å². The van der Waals surface area contributed by atoms with Gasteiger partial charge in [0.15, 0.2) is 0 Å². The predicted molar refractivity (Wildman–Crippen MR) is 251 cm³/mol. The molecular weight excluding hydrogens is 733 g/mol. The van der Waals surface area contributed by atoms with Crippen molar-refractivity contribution in [3.63, 3.8) is 0 Å². The summed E-state index contributed by atoms with van der Waals surface area (Å²) in [5.41, 5.74) is 14.9. The largest absolute Gasteiger partial charge is 0.457 e. The molecule has 294 valence electrons. The van der Waals surface area contributed by atoms with Crippen molar-refractivity contribution >= 4 is 44.6 Å². The third-order valence-corrected chi connectivity index (χ3v) is 12.1. The van der Waals surface area contributed by atoms with Crippen molar-refractivity contribution in [3.05, 3.63) is 192 Å².